The van der Waals surface area contributed by atoms with Crippen LogP contribution in [0.3, 0.4) is 0 Å². The fourth-order valence-corrected chi connectivity index (χ4v) is 3.24. The number of nitrogens with zero attached hydrogens (tertiary/aromatic N) is 1. The minimum atomic E-state index is -3.98. The minimum Gasteiger partial charge on any atom is -0.326 e. The number of nitrogens with two attached hydrogens (primary N) is 1. The lowest BCUT2D eigenvalue weighted by atomic mass is 10.2. The van der Waals surface area contributed by atoms with Crippen LogP contribution in [0, 0.1) is 5.82 Å². The molecule has 1 aromatic heterocycles. The highest BCUT2D eigenvalue weighted by molar-refractivity contribution is 7.89. The Morgan fingerprint density at radius 2 is 2.14 bits per heavy atom. The van der Waals surface area contributed by atoms with E-state index < -0.39 is 26.8 Å². The van der Waals surface area contributed by atoms with E-state index in [1.807, 2.05) is 0 Å². The summed E-state index contributed by atoms with van der Waals surface area (Å²) in [7, 11) is -3.98. The molecule has 21 heavy (non-hydrogen) atoms. The summed E-state index contributed by atoms with van der Waals surface area (Å²) in [5.41, 5.74) is 6.70. The van der Waals surface area contributed by atoms with Crippen LogP contribution in [0.15, 0.2) is 47.6 Å². The zero-order valence-corrected chi connectivity index (χ0v) is 12.3. The van der Waals surface area contributed by atoms with Crippen LogP contribution < -0.4 is 10.5 Å². The first-order valence-electron chi connectivity index (χ1n) is 6.35. The molecular weight excluding hydrogens is 293 g/mol. The van der Waals surface area contributed by atoms with Gasteiger partial charge in [0.15, 0.2) is 0 Å². The molecule has 0 aliphatic carbocycles. The summed E-state index contributed by atoms with van der Waals surface area (Å²) >= 11 is 0. The number of sulfonamides is 1. The fraction of sp³-hybridized carbons (Fsp3) is 0.214. The van der Waals surface area contributed by atoms with Gasteiger partial charge in [0, 0.05) is 25.0 Å². The zero-order chi connectivity index (χ0) is 15.5. The Morgan fingerprint density at radius 1 is 1.38 bits per heavy atom. The van der Waals surface area contributed by atoms with E-state index in [0.717, 1.165) is 6.07 Å². The molecule has 0 radical (unpaired) electrons. The highest BCUT2D eigenvalue weighted by atomic mass is 32.2. The second-order valence-electron chi connectivity index (χ2n) is 4.60. The van der Waals surface area contributed by atoms with Crippen molar-refractivity contribution in [3.05, 3.63) is 59.7 Å². The van der Waals surface area contributed by atoms with Crippen LogP contribution in [0.4, 0.5) is 4.39 Å². The van der Waals surface area contributed by atoms with E-state index in [9.17, 15) is 12.8 Å². The number of nitrogens with one attached hydrogen (secondary N) is 1. The quantitative estimate of drug-likeness (QED) is 0.880. The average Bonchev–Trinajstić information content (AvgIpc) is 2.48. The maximum absolute atomic E-state index is 13.8. The van der Waals surface area contributed by atoms with Gasteiger partial charge in [-0.15, -0.1) is 0 Å². The largest absolute Gasteiger partial charge is 0.326 e. The molecule has 0 spiro atoms. The lowest BCUT2D eigenvalue weighted by Gasteiger charge is -2.15. The third-order valence-corrected chi connectivity index (χ3v) is 4.59. The second kappa shape index (κ2) is 6.30. The molecule has 2 rings (SSSR count). The van der Waals surface area contributed by atoms with Gasteiger partial charge >= 0.3 is 0 Å². The number of halogens is 1. The molecular formula is C14H16FN3O2S. The van der Waals surface area contributed by atoms with Crippen molar-refractivity contribution in [1.82, 2.24) is 9.71 Å². The van der Waals surface area contributed by atoms with E-state index in [2.05, 4.69) is 9.71 Å². The first-order chi connectivity index (χ1) is 9.94. The Kier molecular flexibility index (Phi) is 4.66. The summed E-state index contributed by atoms with van der Waals surface area (Å²) in [4.78, 5) is 3.53. The summed E-state index contributed by atoms with van der Waals surface area (Å²) in [6.45, 7) is 1.81. The summed E-state index contributed by atoms with van der Waals surface area (Å²) in [6.07, 6.45) is 3.15. The molecule has 1 unspecified atom stereocenters. The first-order valence-corrected chi connectivity index (χ1v) is 7.83. The minimum absolute atomic E-state index is 0.140. The number of pyridine rings is 1. The fourth-order valence-electron chi connectivity index (χ4n) is 1.88. The molecule has 0 aliphatic heterocycles. The SMILES string of the molecule is CC(NS(=O)(=O)c1cc(CN)ccc1F)c1cccnc1. The standard InChI is InChI=1S/C14H16FN3O2S/c1-10(12-3-2-6-17-9-12)18-21(19,20)14-7-11(8-16)4-5-13(14)15/h2-7,9-10,18H,8,16H2,1H3. The number of hydrogen-bond donors (Lipinski definition) is 2. The van der Waals surface area contributed by atoms with E-state index in [-0.39, 0.29) is 6.54 Å². The molecule has 3 N–H and O–H groups in total. The number of aromatic nitrogens is 1. The van der Waals surface area contributed by atoms with E-state index in [0.29, 0.717) is 11.1 Å². The molecule has 0 saturated heterocycles. The van der Waals surface area contributed by atoms with Crippen LogP contribution in [0.2, 0.25) is 0 Å². The van der Waals surface area contributed by atoms with Gasteiger partial charge in [-0.1, -0.05) is 12.1 Å². The normalized spacial score (nSPS) is 13.1. The van der Waals surface area contributed by atoms with Crippen LogP contribution in [-0.2, 0) is 16.6 Å². The van der Waals surface area contributed by atoms with Crippen molar-refractivity contribution in [2.24, 2.45) is 5.73 Å². The maximum Gasteiger partial charge on any atom is 0.244 e. The van der Waals surface area contributed by atoms with Gasteiger partial charge in [0.2, 0.25) is 10.0 Å². The Morgan fingerprint density at radius 3 is 2.76 bits per heavy atom. The highest BCUT2D eigenvalue weighted by Gasteiger charge is 2.22. The molecule has 0 fully saturated rings. The van der Waals surface area contributed by atoms with Crippen LogP contribution in [-0.4, -0.2) is 13.4 Å². The topological polar surface area (TPSA) is 85.1 Å². The molecule has 2 aromatic rings. The van der Waals surface area contributed by atoms with Crippen molar-refractivity contribution in [2.45, 2.75) is 24.4 Å². The predicted octanol–water partition coefficient (Wildman–Crippen LogP) is 1.72. The van der Waals surface area contributed by atoms with E-state index in [1.54, 1.807) is 31.5 Å². The number of benzene rings is 1. The van der Waals surface area contributed by atoms with E-state index in [1.165, 1.54) is 12.1 Å². The first kappa shape index (κ1) is 15.6. The Bertz CT molecular complexity index is 720. The lowest BCUT2D eigenvalue weighted by molar-refractivity contribution is 0.546. The molecule has 0 bridgehead atoms. The van der Waals surface area contributed by atoms with E-state index >= 15 is 0 Å². The average molecular weight is 309 g/mol. The third-order valence-electron chi connectivity index (χ3n) is 3.04. The van der Waals surface area contributed by atoms with Crippen LogP contribution in [0.1, 0.15) is 24.1 Å². The van der Waals surface area contributed by atoms with Crippen LogP contribution in [0.25, 0.3) is 0 Å². The van der Waals surface area contributed by atoms with Gasteiger partial charge in [-0.3, -0.25) is 4.98 Å². The van der Waals surface area contributed by atoms with Crippen molar-refractivity contribution < 1.29 is 12.8 Å². The monoisotopic (exact) mass is 309 g/mol. The smallest absolute Gasteiger partial charge is 0.244 e. The summed E-state index contributed by atoms with van der Waals surface area (Å²) in [6, 6.07) is 6.73. The molecule has 7 heteroatoms. The van der Waals surface area contributed by atoms with Gasteiger partial charge in [0.1, 0.15) is 10.7 Å². The molecule has 0 saturated carbocycles. The van der Waals surface area contributed by atoms with Crippen molar-refractivity contribution >= 4 is 10.0 Å². The van der Waals surface area contributed by atoms with Crippen molar-refractivity contribution in [2.75, 3.05) is 0 Å². The molecule has 1 atom stereocenters. The predicted molar refractivity (Wildman–Crippen MR) is 77.3 cm³/mol. The molecule has 1 aromatic carbocycles. The van der Waals surface area contributed by atoms with Crippen LogP contribution >= 0.6 is 0 Å². The Labute approximate surface area is 123 Å². The van der Waals surface area contributed by atoms with Crippen molar-refractivity contribution in [3.63, 3.8) is 0 Å². The highest BCUT2D eigenvalue weighted by Crippen LogP contribution is 2.19. The maximum atomic E-state index is 13.8. The molecule has 5 nitrogen and oxygen atoms in total. The van der Waals surface area contributed by atoms with Gasteiger partial charge in [0.05, 0.1) is 0 Å². The van der Waals surface area contributed by atoms with Crippen LogP contribution in [0.5, 0.6) is 0 Å². The second-order valence-corrected chi connectivity index (χ2v) is 6.28. The van der Waals surface area contributed by atoms with Gasteiger partial charge < -0.3 is 5.73 Å². The van der Waals surface area contributed by atoms with Gasteiger partial charge in [0.25, 0.3) is 0 Å². The summed E-state index contributed by atoms with van der Waals surface area (Å²) in [5, 5.41) is 0. The summed E-state index contributed by atoms with van der Waals surface area (Å²) in [5.74, 6) is -0.807. The Hall–Kier alpha value is -1.83. The Balaban J connectivity index is 2.30. The molecule has 1 heterocycles. The number of hydrogen-bond acceptors (Lipinski definition) is 4. The molecule has 0 amide bonds. The van der Waals surface area contributed by atoms with Gasteiger partial charge in [-0.2, -0.15) is 0 Å². The van der Waals surface area contributed by atoms with Gasteiger partial charge in [-0.25, -0.2) is 17.5 Å². The zero-order valence-electron chi connectivity index (χ0n) is 11.5. The molecule has 0 aliphatic rings. The third kappa shape index (κ3) is 3.63. The number of rotatable bonds is 5. The lowest BCUT2D eigenvalue weighted by Crippen LogP contribution is -2.28. The van der Waals surface area contributed by atoms with Crippen molar-refractivity contribution in [3.8, 4) is 0 Å². The van der Waals surface area contributed by atoms with E-state index in [4.69, 9.17) is 5.73 Å². The summed E-state index contributed by atoms with van der Waals surface area (Å²) < 4.78 is 40.8. The van der Waals surface area contributed by atoms with Crippen molar-refractivity contribution in [1.29, 1.82) is 0 Å². The van der Waals surface area contributed by atoms with Gasteiger partial charge in [-0.05, 0) is 36.2 Å². The molecule has 112 valence electrons.